The molecule has 5 heteroatoms. The van der Waals surface area contributed by atoms with Gasteiger partial charge in [-0.2, -0.15) is 0 Å². The predicted molar refractivity (Wildman–Crippen MR) is 226 cm³/mol. The third-order valence-electron chi connectivity index (χ3n) is 11.1. The summed E-state index contributed by atoms with van der Waals surface area (Å²) in [6, 6.07) is 64.2. The van der Waals surface area contributed by atoms with Crippen LogP contribution < -0.4 is 0 Å². The number of furan rings is 1. The Kier molecular flexibility index (Phi) is 6.27. The molecule has 5 nitrogen and oxygen atoms in total. The average Bonchev–Trinajstić information content (AvgIpc) is 3.91. The highest BCUT2D eigenvalue weighted by Gasteiger charge is 2.21. The predicted octanol–water partition coefficient (Wildman–Crippen LogP) is 13.1. The summed E-state index contributed by atoms with van der Waals surface area (Å²) in [7, 11) is 0. The molecule has 0 aliphatic heterocycles. The molecule has 0 radical (unpaired) electrons. The third-order valence-corrected chi connectivity index (χ3v) is 11.1. The quantitative estimate of drug-likeness (QED) is 0.183. The first-order chi connectivity index (χ1) is 27.3. The van der Waals surface area contributed by atoms with E-state index in [1.54, 1.807) is 0 Å². The fourth-order valence-corrected chi connectivity index (χ4v) is 8.71. The molecule has 0 saturated carbocycles. The van der Waals surface area contributed by atoms with Gasteiger partial charge in [-0.25, -0.2) is 9.97 Å². The SMILES string of the molecule is c1ccc(-c2nc(-n3c4ccccc4c4cc(-c5ccc6c7ccccc7n(-c7ccccc7)c6c5)ccc43)nc3ccc4oc5ccccc5c4c23)cc1. The van der Waals surface area contributed by atoms with E-state index in [-0.39, 0.29) is 0 Å². The Labute approximate surface area is 315 Å². The largest absolute Gasteiger partial charge is 0.456 e. The standard InChI is InChI=1S/C50H30N4O/c1-3-13-31(14-4-1)49-48-40(26-28-46-47(48)38-19-9-12-22-45(38)55-46)51-50(52-49)54-42-21-11-8-18-36(42)39-29-32(24-27-43(39)54)33-23-25-37-35-17-7-10-20-41(35)53(44(37)30-33)34-15-5-2-6-16-34/h1-30H. The minimum Gasteiger partial charge on any atom is -0.456 e. The summed E-state index contributed by atoms with van der Waals surface area (Å²) in [5.41, 5.74) is 12.4. The zero-order valence-electron chi connectivity index (χ0n) is 29.5. The molecule has 0 amide bonds. The molecule has 12 aromatic rings. The molecule has 0 saturated heterocycles. The lowest BCUT2D eigenvalue weighted by atomic mass is 10.0. The van der Waals surface area contributed by atoms with Crippen molar-refractivity contribution >= 4 is 76.5 Å². The molecular weight excluding hydrogens is 673 g/mol. The summed E-state index contributed by atoms with van der Waals surface area (Å²) in [4.78, 5) is 10.8. The Morgan fingerprint density at radius 1 is 0.364 bits per heavy atom. The lowest BCUT2D eigenvalue weighted by Crippen LogP contribution is -2.03. The van der Waals surface area contributed by atoms with Crippen LogP contribution >= 0.6 is 0 Å². The van der Waals surface area contributed by atoms with E-state index >= 15 is 0 Å². The monoisotopic (exact) mass is 702 g/mol. The van der Waals surface area contributed by atoms with E-state index in [4.69, 9.17) is 14.4 Å². The van der Waals surface area contributed by atoms with Gasteiger partial charge in [0.25, 0.3) is 0 Å². The van der Waals surface area contributed by atoms with E-state index in [0.717, 1.165) is 82.7 Å². The van der Waals surface area contributed by atoms with Crippen molar-refractivity contribution in [1.29, 1.82) is 0 Å². The van der Waals surface area contributed by atoms with Crippen molar-refractivity contribution in [2.24, 2.45) is 0 Å². The van der Waals surface area contributed by atoms with E-state index in [2.05, 4.69) is 167 Å². The average molecular weight is 703 g/mol. The fraction of sp³-hybridized carbons (Fsp3) is 0. The zero-order valence-corrected chi connectivity index (χ0v) is 29.5. The Morgan fingerprint density at radius 2 is 0.982 bits per heavy atom. The van der Waals surface area contributed by atoms with Crippen molar-refractivity contribution in [3.63, 3.8) is 0 Å². The minimum absolute atomic E-state index is 0.631. The van der Waals surface area contributed by atoms with Gasteiger partial charge in [-0.15, -0.1) is 0 Å². The van der Waals surface area contributed by atoms with Crippen LogP contribution in [0.3, 0.4) is 0 Å². The number of rotatable bonds is 4. The molecule has 0 atom stereocenters. The Hall–Kier alpha value is -7.50. The highest BCUT2D eigenvalue weighted by molar-refractivity contribution is 6.22. The number of nitrogens with zero attached hydrogens (tertiary/aromatic N) is 4. The molecule has 0 aliphatic carbocycles. The third kappa shape index (κ3) is 4.41. The van der Waals surface area contributed by atoms with E-state index in [1.807, 2.05) is 24.3 Å². The number of hydrogen-bond donors (Lipinski definition) is 0. The second kappa shape index (κ2) is 11.5. The first-order valence-corrected chi connectivity index (χ1v) is 18.6. The smallest absolute Gasteiger partial charge is 0.235 e. The highest BCUT2D eigenvalue weighted by atomic mass is 16.3. The van der Waals surface area contributed by atoms with E-state index < -0.39 is 0 Å². The Balaban J connectivity index is 1.09. The van der Waals surface area contributed by atoms with Crippen LogP contribution in [0.2, 0.25) is 0 Å². The van der Waals surface area contributed by atoms with Crippen molar-refractivity contribution in [3.05, 3.63) is 182 Å². The van der Waals surface area contributed by atoms with Gasteiger partial charge in [-0.1, -0.05) is 121 Å². The molecular formula is C50H30N4O. The van der Waals surface area contributed by atoms with Gasteiger partial charge in [-0.3, -0.25) is 4.57 Å². The van der Waals surface area contributed by atoms with Crippen LogP contribution in [0.1, 0.15) is 0 Å². The number of para-hydroxylation sites is 4. The summed E-state index contributed by atoms with van der Waals surface area (Å²) in [5.74, 6) is 0.631. The summed E-state index contributed by atoms with van der Waals surface area (Å²) in [5, 5.41) is 7.88. The van der Waals surface area contributed by atoms with Crippen molar-refractivity contribution in [2.75, 3.05) is 0 Å². The zero-order chi connectivity index (χ0) is 36.0. The number of hydrogen-bond acceptors (Lipinski definition) is 3. The van der Waals surface area contributed by atoms with Crippen molar-refractivity contribution in [1.82, 2.24) is 19.1 Å². The topological polar surface area (TPSA) is 48.8 Å². The molecule has 256 valence electrons. The molecule has 0 fully saturated rings. The molecule has 0 spiro atoms. The van der Waals surface area contributed by atoms with E-state index in [9.17, 15) is 0 Å². The van der Waals surface area contributed by atoms with Crippen LogP contribution in [0.15, 0.2) is 186 Å². The maximum Gasteiger partial charge on any atom is 0.235 e. The van der Waals surface area contributed by atoms with Gasteiger partial charge in [0.15, 0.2) is 0 Å². The molecule has 0 unspecified atom stereocenters. The second-order valence-corrected chi connectivity index (χ2v) is 14.2. The number of fused-ring (bicyclic) bond motifs is 11. The van der Waals surface area contributed by atoms with Gasteiger partial charge < -0.3 is 8.98 Å². The molecule has 0 N–H and O–H groups in total. The first-order valence-electron chi connectivity index (χ1n) is 18.6. The summed E-state index contributed by atoms with van der Waals surface area (Å²) < 4.78 is 10.9. The van der Waals surface area contributed by atoms with Gasteiger partial charge in [0.2, 0.25) is 5.95 Å². The van der Waals surface area contributed by atoms with Crippen molar-refractivity contribution < 1.29 is 4.42 Å². The van der Waals surface area contributed by atoms with Crippen LogP contribution in [0.5, 0.6) is 0 Å². The van der Waals surface area contributed by atoms with Crippen LogP contribution in [0.4, 0.5) is 0 Å². The second-order valence-electron chi connectivity index (χ2n) is 14.2. The fourth-order valence-electron chi connectivity index (χ4n) is 8.71. The summed E-state index contributed by atoms with van der Waals surface area (Å²) in [6.07, 6.45) is 0. The van der Waals surface area contributed by atoms with Crippen LogP contribution in [0.25, 0.3) is 110 Å². The molecule has 0 bridgehead atoms. The highest BCUT2D eigenvalue weighted by Crippen LogP contribution is 2.41. The van der Waals surface area contributed by atoms with Crippen LogP contribution in [-0.4, -0.2) is 19.1 Å². The summed E-state index contributed by atoms with van der Waals surface area (Å²) in [6.45, 7) is 0. The molecule has 4 aromatic heterocycles. The van der Waals surface area contributed by atoms with Crippen molar-refractivity contribution in [3.8, 4) is 34.0 Å². The lowest BCUT2D eigenvalue weighted by Gasteiger charge is -2.13. The van der Waals surface area contributed by atoms with Gasteiger partial charge in [0, 0.05) is 49.0 Å². The van der Waals surface area contributed by atoms with E-state index in [1.165, 1.54) is 21.8 Å². The first kappa shape index (κ1) is 30.0. The molecule has 55 heavy (non-hydrogen) atoms. The normalized spacial score (nSPS) is 12.0. The maximum absolute atomic E-state index is 6.32. The number of aromatic nitrogens is 4. The van der Waals surface area contributed by atoms with Gasteiger partial charge in [0.05, 0.1) is 33.3 Å². The molecule has 12 rings (SSSR count). The van der Waals surface area contributed by atoms with Gasteiger partial charge >= 0.3 is 0 Å². The van der Waals surface area contributed by atoms with E-state index in [0.29, 0.717) is 5.95 Å². The molecule has 8 aromatic carbocycles. The van der Waals surface area contributed by atoms with Crippen LogP contribution in [0, 0.1) is 0 Å². The van der Waals surface area contributed by atoms with Gasteiger partial charge in [-0.05, 0) is 71.8 Å². The molecule has 4 heterocycles. The maximum atomic E-state index is 6.32. The van der Waals surface area contributed by atoms with Crippen molar-refractivity contribution in [2.45, 2.75) is 0 Å². The summed E-state index contributed by atoms with van der Waals surface area (Å²) >= 11 is 0. The Bertz CT molecular complexity index is 3480. The van der Waals surface area contributed by atoms with Gasteiger partial charge in [0.1, 0.15) is 11.2 Å². The Morgan fingerprint density at radius 3 is 1.80 bits per heavy atom. The lowest BCUT2D eigenvalue weighted by molar-refractivity contribution is 0.669. The number of benzene rings is 8. The minimum atomic E-state index is 0.631. The molecule has 0 aliphatic rings. The van der Waals surface area contributed by atoms with Crippen LogP contribution in [-0.2, 0) is 0 Å².